The van der Waals surface area contributed by atoms with Crippen molar-refractivity contribution in [2.24, 2.45) is 0 Å². The van der Waals surface area contributed by atoms with Crippen LogP contribution >= 0.6 is 0 Å². The Balaban J connectivity index is 1.44. The predicted octanol–water partition coefficient (Wildman–Crippen LogP) is 5.76. The Morgan fingerprint density at radius 1 is 0.875 bits per heavy atom. The van der Waals surface area contributed by atoms with Crippen LogP contribution in [0, 0.1) is 0 Å². The zero-order chi connectivity index (χ0) is 16.6. The van der Waals surface area contributed by atoms with Gasteiger partial charge in [0.05, 0.1) is 6.10 Å². The molecule has 1 aromatic rings. The highest BCUT2D eigenvalue weighted by molar-refractivity contribution is 5.14. The summed E-state index contributed by atoms with van der Waals surface area (Å²) in [5, 5.41) is 0. The Hall–Kier alpha value is -0.960. The molecule has 134 valence electrons. The molecule has 1 aromatic heterocycles. The summed E-state index contributed by atoms with van der Waals surface area (Å²) in [5.41, 5.74) is 1.35. The minimum atomic E-state index is 0.487. The van der Waals surface area contributed by atoms with E-state index in [0.29, 0.717) is 17.9 Å². The zero-order valence-corrected chi connectivity index (χ0v) is 15.4. The predicted molar refractivity (Wildman–Crippen MR) is 98.3 cm³/mol. The van der Waals surface area contributed by atoms with Crippen LogP contribution in [-0.2, 0) is 4.74 Å². The number of nitrogens with zero attached hydrogens (tertiary/aromatic N) is 2. The summed E-state index contributed by atoms with van der Waals surface area (Å²) < 4.78 is 6.04. The fourth-order valence-corrected chi connectivity index (χ4v) is 4.30. The molecule has 1 heterocycles. The van der Waals surface area contributed by atoms with Crippen LogP contribution in [0.1, 0.15) is 107 Å². The van der Waals surface area contributed by atoms with Crippen LogP contribution < -0.4 is 0 Å². The maximum Gasteiger partial charge on any atom is 0.131 e. The molecule has 0 saturated heterocycles. The third-order valence-corrected chi connectivity index (χ3v) is 5.91. The fourth-order valence-electron chi connectivity index (χ4n) is 4.30. The van der Waals surface area contributed by atoms with Crippen molar-refractivity contribution < 1.29 is 4.74 Å². The standard InChI is InChI=1S/C21H34N2O/c1-2-3-7-14-24-20-12-10-17(11-13-20)19-15-22-21(23-16-19)18-8-5-4-6-9-18/h15-18,20H,2-14H2,1H3/t17-,20-. The number of hydrogen-bond donors (Lipinski definition) is 0. The van der Waals surface area contributed by atoms with Gasteiger partial charge in [0.15, 0.2) is 0 Å². The lowest BCUT2D eigenvalue weighted by Gasteiger charge is -2.28. The monoisotopic (exact) mass is 330 g/mol. The molecular formula is C21H34N2O. The van der Waals surface area contributed by atoms with Gasteiger partial charge in [-0.3, -0.25) is 0 Å². The van der Waals surface area contributed by atoms with Gasteiger partial charge in [0, 0.05) is 24.9 Å². The van der Waals surface area contributed by atoms with E-state index in [1.54, 1.807) is 0 Å². The van der Waals surface area contributed by atoms with Crippen LogP contribution in [0.25, 0.3) is 0 Å². The van der Waals surface area contributed by atoms with Crippen LogP contribution in [0.2, 0.25) is 0 Å². The van der Waals surface area contributed by atoms with E-state index in [2.05, 4.69) is 19.3 Å². The molecule has 24 heavy (non-hydrogen) atoms. The van der Waals surface area contributed by atoms with Crippen LogP contribution in [-0.4, -0.2) is 22.7 Å². The van der Waals surface area contributed by atoms with Crippen LogP contribution in [0.5, 0.6) is 0 Å². The van der Waals surface area contributed by atoms with Crippen molar-refractivity contribution in [2.45, 2.75) is 102 Å². The van der Waals surface area contributed by atoms with Gasteiger partial charge in [-0.1, -0.05) is 39.0 Å². The van der Waals surface area contributed by atoms with E-state index in [0.717, 1.165) is 12.4 Å². The van der Waals surface area contributed by atoms with E-state index in [9.17, 15) is 0 Å². The zero-order valence-electron chi connectivity index (χ0n) is 15.4. The van der Waals surface area contributed by atoms with Crippen molar-refractivity contribution in [1.29, 1.82) is 0 Å². The molecule has 0 aromatic carbocycles. The summed E-state index contributed by atoms with van der Waals surface area (Å²) in [7, 11) is 0. The van der Waals surface area contributed by atoms with Crippen molar-refractivity contribution in [2.75, 3.05) is 6.61 Å². The lowest BCUT2D eigenvalue weighted by Crippen LogP contribution is -2.21. The summed E-state index contributed by atoms with van der Waals surface area (Å²) in [4.78, 5) is 9.45. The minimum Gasteiger partial charge on any atom is -0.378 e. The molecule has 3 rings (SSSR count). The first kappa shape index (κ1) is 17.8. The second-order valence-corrected chi connectivity index (χ2v) is 7.76. The van der Waals surface area contributed by atoms with Gasteiger partial charge in [0.2, 0.25) is 0 Å². The molecule has 3 heteroatoms. The minimum absolute atomic E-state index is 0.487. The van der Waals surface area contributed by atoms with Crippen LogP contribution in [0.15, 0.2) is 12.4 Å². The first-order valence-corrected chi connectivity index (χ1v) is 10.3. The second kappa shape index (κ2) is 9.50. The van der Waals surface area contributed by atoms with Gasteiger partial charge in [-0.15, -0.1) is 0 Å². The maximum atomic E-state index is 6.04. The summed E-state index contributed by atoms with van der Waals surface area (Å²) in [6, 6.07) is 0. The topological polar surface area (TPSA) is 35.0 Å². The molecule has 0 radical (unpaired) electrons. The van der Waals surface area contributed by atoms with Crippen molar-refractivity contribution >= 4 is 0 Å². The fraction of sp³-hybridized carbons (Fsp3) is 0.810. The summed E-state index contributed by atoms with van der Waals surface area (Å²) in [5.74, 6) is 2.34. The van der Waals surface area contributed by atoms with Gasteiger partial charge < -0.3 is 4.74 Å². The Morgan fingerprint density at radius 2 is 1.58 bits per heavy atom. The molecule has 2 aliphatic rings. The van der Waals surface area contributed by atoms with Gasteiger partial charge >= 0.3 is 0 Å². The smallest absolute Gasteiger partial charge is 0.131 e. The Bertz CT molecular complexity index is 459. The van der Waals surface area contributed by atoms with Gasteiger partial charge in [0.25, 0.3) is 0 Å². The van der Waals surface area contributed by atoms with Crippen molar-refractivity contribution in [1.82, 2.24) is 9.97 Å². The molecule has 2 saturated carbocycles. The molecule has 2 fully saturated rings. The van der Waals surface area contributed by atoms with Gasteiger partial charge in [-0.25, -0.2) is 9.97 Å². The van der Waals surface area contributed by atoms with Crippen molar-refractivity contribution in [3.8, 4) is 0 Å². The molecule has 0 unspecified atom stereocenters. The normalized spacial score (nSPS) is 25.7. The number of unbranched alkanes of at least 4 members (excludes halogenated alkanes) is 2. The molecular weight excluding hydrogens is 296 g/mol. The Kier molecular flexibility index (Phi) is 7.07. The highest BCUT2D eigenvalue weighted by atomic mass is 16.5. The summed E-state index contributed by atoms with van der Waals surface area (Å²) >= 11 is 0. The number of hydrogen-bond acceptors (Lipinski definition) is 3. The number of rotatable bonds is 7. The quantitative estimate of drug-likeness (QED) is 0.596. The summed E-state index contributed by atoms with van der Waals surface area (Å²) in [6.45, 7) is 3.19. The molecule has 0 bridgehead atoms. The van der Waals surface area contributed by atoms with E-state index in [-0.39, 0.29) is 0 Å². The van der Waals surface area contributed by atoms with Crippen molar-refractivity contribution in [3.63, 3.8) is 0 Å². The highest BCUT2D eigenvalue weighted by Crippen LogP contribution is 2.35. The first-order chi connectivity index (χ1) is 11.9. The van der Waals surface area contributed by atoms with E-state index in [1.807, 2.05) is 0 Å². The molecule has 3 nitrogen and oxygen atoms in total. The number of ether oxygens (including phenoxy) is 1. The molecule has 0 spiro atoms. The third-order valence-electron chi connectivity index (χ3n) is 5.91. The highest BCUT2D eigenvalue weighted by Gasteiger charge is 2.24. The van der Waals surface area contributed by atoms with Crippen LogP contribution in [0.4, 0.5) is 0 Å². The maximum absolute atomic E-state index is 6.04. The van der Waals surface area contributed by atoms with Gasteiger partial charge in [-0.2, -0.15) is 0 Å². The largest absolute Gasteiger partial charge is 0.378 e. The van der Waals surface area contributed by atoms with Gasteiger partial charge in [0.1, 0.15) is 5.82 Å². The number of aromatic nitrogens is 2. The molecule has 0 amide bonds. The first-order valence-electron chi connectivity index (χ1n) is 10.3. The molecule has 2 aliphatic carbocycles. The average Bonchev–Trinajstić information content (AvgIpc) is 2.67. The molecule has 0 N–H and O–H groups in total. The molecule has 0 atom stereocenters. The molecule has 0 aliphatic heterocycles. The Morgan fingerprint density at radius 3 is 2.25 bits per heavy atom. The third kappa shape index (κ3) is 5.02. The Labute approximate surface area is 147 Å². The van der Waals surface area contributed by atoms with E-state index in [1.165, 1.54) is 82.6 Å². The average molecular weight is 331 g/mol. The lowest BCUT2D eigenvalue weighted by atomic mass is 9.83. The SMILES string of the molecule is CCCCCO[C@H]1CC[C@H](c2cnc(C3CCCCC3)nc2)CC1. The summed E-state index contributed by atoms with van der Waals surface area (Å²) in [6.07, 6.45) is 20.0. The van der Waals surface area contributed by atoms with Crippen molar-refractivity contribution in [3.05, 3.63) is 23.8 Å². The van der Waals surface area contributed by atoms with Gasteiger partial charge in [-0.05, 0) is 56.4 Å². The van der Waals surface area contributed by atoms with E-state index < -0.39 is 0 Å². The van der Waals surface area contributed by atoms with Crippen LogP contribution in [0.3, 0.4) is 0 Å². The van der Waals surface area contributed by atoms with E-state index in [4.69, 9.17) is 14.7 Å². The lowest BCUT2D eigenvalue weighted by molar-refractivity contribution is 0.0227. The van der Waals surface area contributed by atoms with E-state index >= 15 is 0 Å². The second-order valence-electron chi connectivity index (χ2n) is 7.76.